The molecule has 0 fully saturated rings. The van der Waals surface area contributed by atoms with Crippen LogP contribution in [-0.2, 0) is 25.7 Å². The second-order valence-electron chi connectivity index (χ2n) is 7.48. The number of amides is 1. The van der Waals surface area contributed by atoms with E-state index in [2.05, 4.69) is 15.0 Å². The number of alkyl halides is 3. The van der Waals surface area contributed by atoms with Crippen molar-refractivity contribution in [3.8, 4) is 0 Å². The predicted molar refractivity (Wildman–Crippen MR) is 118 cm³/mol. The third-order valence-corrected chi connectivity index (χ3v) is 6.19. The molecule has 12 heteroatoms. The third-order valence-electron chi connectivity index (χ3n) is 4.81. The molecule has 0 aliphatic carbocycles. The number of hydrogen-bond acceptors (Lipinski definition) is 6. The number of ether oxygens (including phenoxy) is 1. The highest BCUT2D eigenvalue weighted by molar-refractivity contribution is 7.90. The van der Waals surface area contributed by atoms with Crippen LogP contribution < -0.4 is 10.0 Å². The van der Waals surface area contributed by atoms with E-state index in [1.165, 1.54) is 24.3 Å². The summed E-state index contributed by atoms with van der Waals surface area (Å²) in [6, 6.07) is 9.06. The first-order chi connectivity index (χ1) is 16.0. The fourth-order valence-electron chi connectivity index (χ4n) is 3.15. The minimum absolute atomic E-state index is 0.0989. The fourth-order valence-corrected chi connectivity index (χ4v) is 4.28. The topological polar surface area (TPSA) is 114 Å². The number of sulfonamides is 1. The van der Waals surface area contributed by atoms with E-state index in [4.69, 9.17) is 4.74 Å². The molecule has 0 aromatic heterocycles. The molecular weight excluding hydrogens is 475 g/mol. The molecule has 0 radical (unpaired) electrons. The Labute approximate surface area is 194 Å². The molecule has 0 spiro atoms. The number of aliphatic imine (C=N–C) groups is 1. The smallest absolute Gasteiger partial charge is 0.416 e. The van der Waals surface area contributed by atoms with Gasteiger partial charge in [-0.25, -0.2) is 13.2 Å². The van der Waals surface area contributed by atoms with Crippen LogP contribution in [0, 0.1) is 0 Å². The van der Waals surface area contributed by atoms with Gasteiger partial charge < -0.3 is 10.1 Å². The molecule has 1 aliphatic heterocycles. The van der Waals surface area contributed by atoms with Crippen LogP contribution in [0.15, 0.2) is 58.4 Å². The number of benzene rings is 2. The number of nitrogens with zero attached hydrogens (tertiary/aromatic N) is 1. The van der Waals surface area contributed by atoms with Gasteiger partial charge in [0.05, 0.1) is 16.0 Å². The molecule has 8 nitrogen and oxygen atoms in total. The number of hydrogen-bond donors (Lipinski definition) is 2. The van der Waals surface area contributed by atoms with Crippen molar-refractivity contribution in [1.82, 2.24) is 4.72 Å². The monoisotopic (exact) mass is 497 g/mol. The lowest BCUT2D eigenvalue weighted by Crippen LogP contribution is -2.30. The van der Waals surface area contributed by atoms with E-state index in [0.717, 1.165) is 37.5 Å². The van der Waals surface area contributed by atoms with Gasteiger partial charge in [-0.2, -0.15) is 13.2 Å². The molecule has 2 aromatic rings. The van der Waals surface area contributed by atoms with Crippen LogP contribution >= 0.6 is 0 Å². The Bertz CT molecular complexity index is 1200. The van der Waals surface area contributed by atoms with Crippen LogP contribution in [-0.4, -0.2) is 39.3 Å². The van der Waals surface area contributed by atoms with Crippen molar-refractivity contribution >= 4 is 33.4 Å². The molecule has 1 amide bonds. The number of nitrogens with one attached hydrogen (secondary N) is 2. The van der Waals surface area contributed by atoms with Crippen LogP contribution in [0.3, 0.4) is 0 Å². The Hall–Kier alpha value is -3.41. The van der Waals surface area contributed by atoms with Gasteiger partial charge in [0.25, 0.3) is 15.9 Å². The maximum absolute atomic E-state index is 12.8. The molecule has 1 aliphatic rings. The number of amidine groups is 1. The summed E-state index contributed by atoms with van der Waals surface area (Å²) in [7, 11) is -3.92. The Morgan fingerprint density at radius 2 is 1.79 bits per heavy atom. The van der Waals surface area contributed by atoms with Crippen LogP contribution in [0.4, 0.5) is 18.9 Å². The molecule has 1 heterocycles. The fraction of sp³-hybridized carbons (Fsp3) is 0.318. The quantitative estimate of drug-likeness (QED) is 0.590. The van der Waals surface area contributed by atoms with Gasteiger partial charge in [-0.1, -0.05) is 18.6 Å². The molecule has 3 rings (SSSR count). The van der Waals surface area contributed by atoms with E-state index >= 15 is 0 Å². The number of halogens is 3. The zero-order chi connectivity index (χ0) is 24.8. The molecule has 0 saturated carbocycles. The van der Waals surface area contributed by atoms with Crippen LogP contribution in [0.2, 0.25) is 0 Å². The van der Waals surface area contributed by atoms with Crippen molar-refractivity contribution in [3.05, 3.63) is 59.7 Å². The lowest BCUT2D eigenvalue weighted by atomic mass is 10.1. The molecule has 0 bridgehead atoms. The summed E-state index contributed by atoms with van der Waals surface area (Å²) in [6.07, 6.45) is -1.42. The minimum Gasteiger partial charge on any atom is -0.452 e. The van der Waals surface area contributed by atoms with Crippen molar-refractivity contribution in [1.29, 1.82) is 0 Å². The van der Waals surface area contributed by atoms with E-state index in [-0.39, 0.29) is 16.1 Å². The number of carbonyl (C=O) groups excluding carboxylic acids is 2. The average molecular weight is 497 g/mol. The third kappa shape index (κ3) is 7.04. The van der Waals surface area contributed by atoms with Crippen LogP contribution in [0.5, 0.6) is 0 Å². The number of carbonyl (C=O) groups is 2. The summed E-state index contributed by atoms with van der Waals surface area (Å²) in [5, 5.41) is 2.39. The number of anilines is 1. The average Bonchev–Trinajstić information content (AvgIpc) is 3.05. The van der Waals surface area contributed by atoms with Crippen molar-refractivity contribution in [2.75, 3.05) is 18.5 Å². The summed E-state index contributed by atoms with van der Waals surface area (Å²) in [6.45, 7) is -0.228. The summed E-state index contributed by atoms with van der Waals surface area (Å²) < 4.78 is 70.9. The van der Waals surface area contributed by atoms with Gasteiger partial charge in [0.15, 0.2) is 6.61 Å². The zero-order valence-electron chi connectivity index (χ0n) is 17.9. The van der Waals surface area contributed by atoms with Crippen LogP contribution in [0.25, 0.3) is 0 Å². The zero-order valence-corrected chi connectivity index (χ0v) is 18.7. The highest BCUT2D eigenvalue weighted by Gasteiger charge is 2.31. The second kappa shape index (κ2) is 10.7. The van der Waals surface area contributed by atoms with E-state index in [0.29, 0.717) is 24.9 Å². The lowest BCUT2D eigenvalue weighted by molar-refractivity contribution is -0.137. The maximum atomic E-state index is 12.8. The SMILES string of the molecule is O=C(COC(=O)c1cccc(C(F)(F)F)c1)Nc1cccc(S(=O)(=O)NC2=NCCCCC2)c1. The summed E-state index contributed by atoms with van der Waals surface area (Å²) in [5.74, 6) is -1.52. The molecule has 0 unspecified atom stereocenters. The standard InChI is InChI=1S/C22H22F3N3O5S/c23-22(24,25)16-7-4-6-15(12-16)21(30)33-14-20(29)27-17-8-5-9-18(13-17)34(31,32)28-19-10-2-1-3-11-26-19/h4-9,12-13H,1-3,10-11,14H2,(H,26,28)(H,27,29). The summed E-state index contributed by atoms with van der Waals surface area (Å²) in [4.78, 5) is 28.3. The van der Waals surface area contributed by atoms with Gasteiger partial charge in [0, 0.05) is 18.7 Å². The van der Waals surface area contributed by atoms with E-state index in [1.54, 1.807) is 0 Å². The summed E-state index contributed by atoms with van der Waals surface area (Å²) in [5.41, 5.74) is -1.25. The molecule has 0 atom stereocenters. The van der Waals surface area contributed by atoms with Crippen LogP contribution in [0.1, 0.15) is 41.6 Å². The van der Waals surface area contributed by atoms with Crippen molar-refractivity contribution in [2.45, 2.75) is 36.8 Å². The van der Waals surface area contributed by atoms with Gasteiger partial charge in [-0.3, -0.25) is 14.5 Å². The number of rotatable bonds is 6. The Morgan fingerprint density at radius 3 is 2.56 bits per heavy atom. The van der Waals surface area contributed by atoms with Gasteiger partial charge in [0.1, 0.15) is 5.84 Å². The van der Waals surface area contributed by atoms with Crippen molar-refractivity contribution in [2.24, 2.45) is 4.99 Å². The minimum atomic E-state index is -4.63. The largest absolute Gasteiger partial charge is 0.452 e. The van der Waals surface area contributed by atoms with E-state index in [1.807, 2.05) is 0 Å². The molecule has 0 saturated heterocycles. The first-order valence-electron chi connectivity index (χ1n) is 10.3. The Morgan fingerprint density at radius 1 is 1.03 bits per heavy atom. The molecule has 34 heavy (non-hydrogen) atoms. The Balaban J connectivity index is 1.60. The Kier molecular flexibility index (Phi) is 7.92. The predicted octanol–water partition coefficient (Wildman–Crippen LogP) is 3.75. The van der Waals surface area contributed by atoms with E-state index in [9.17, 15) is 31.2 Å². The summed E-state index contributed by atoms with van der Waals surface area (Å²) >= 11 is 0. The first-order valence-corrected chi connectivity index (χ1v) is 11.8. The molecular formula is C22H22F3N3O5S. The lowest BCUT2D eigenvalue weighted by Gasteiger charge is -2.12. The van der Waals surface area contributed by atoms with Crippen molar-refractivity contribution in [3.63, 3.8) is 0 Å². The first kappa shape index (κ1) is 25.2. The van der Waals surface area contributed by atoms with Gasteiger partial charge in [-0.05, 0) is 49.2 Å². The van der Waals surface area contributed by atoms with Gasteiger partial charge >= 0.3 is 12.1 Å². The van der Waals surface area contributed by atoms with E-state index < -0.39 is 40.2 Å². The highest BCUT2D eigenvalue weighted by Crippen LogP contribution is 2.29. The highest BCUT2D eigenvalue weighted by atomic mass is 32.2. The second-order valence-corrected chi connectivity index (χ2v) is 9.16. The van der Waals surface area contributed by atoms with Crippen molar-refractivity contribution < 1.29 is 35.9 Å². The number of esters is 1. The molecule has 2 aromatic carbocycles. The van der Waals surface area contributed by atoms with Gasteiger partial charge in [0.2, 0.25) is 0 Å². The van der Waals surface area contributed by atoms with Gasteiger partial charge in [-0.15, -0.1) is 0 Å². The normalized spacial score (nSPS) is 14.5. The molecule has 182 valence electrons. The maximum Gasteiger partial charge on any atom is 0.416 e. The molecule has 2 N–H and O–H groups in total.